The highest BCUT2D eigenvalue weighted by molar-refractivity contribution is 5.63. The molecule has 1 aromatic heterocycles. The fraction of sp³-hybridized carbons (Fsp3) is 0.444. The van der Waals surface area contributed by atoms with E-state index in [9.17, 15) is 13.2 Å². The lowest BCUT2D eigenvalue weighted by atomic mass is 10.1. The fourth-order valence-corrected chi connectivity index (χ4v) is 2.81. The summed E-state index contributed by atoms with van der Waals surface area (Å²) in [5.41, 5.74) is 1.05. The summed E-state index contributed by atoms with van der Waals surface area (Å²) in [7, 11) is 0. The molecule has 0 radical (unpaired) electrons. The maximum absolute atomic E-state index is 12.4. The molecule has 1 aliphatic rings. The van der Waals surface area contributed by atoms with Crippen LogP contribution in [0.3, 0.4) is 0 Å². The Bertz CT molecular complexity index is 737. The third-order valence-electron chi connectivity index (χ3n) is 4.09. The van der Waals surface area contributed by atoms with Crippen molar-refractivity contribution in [2.45, 2.75) is 12.8 Å². The molecule has 1 saturated heterocycles. The van der Waals surface area contributed by atoms with Crippen LogP contribution in [0.25, 0.3) is 11.3 Å². The van der Waals surface area contributed by atoms with Gasteiger partial charge >= 0.3 is 6.36 Å². The number of benzene rings is 1. The molecule has 3 rings (SSSR count). The Balaban J connectivity index is 1.56. The van der Waals surface area contributed by atoms with E-state index >= 15 is 0 Å². The molecular formula is C18H21F3N4O2. The van der Waals surface area contributed by atoms with Crippen LogP contribution in [-0.2, 0) is 4.74 Å². The number of rotatable bonds is 7. The van der Waals surface area contributed by atoms with E-state index < -0.39 is 6.36 Å². The number of nitrogens with zero attached hydrogens (tertiary/aromatic N) is 3. The smallest absolute Gasteiger partial charge is 0.406 e. The van der Waals surface area contributed by atoms with Crippen molar-refractivity contribution in [3.8, 4) is 17.0 Å². The minimum Gasteiger partial charge on any atom is -0.406 e. The van der Waals surface area contributed by atoms with Gasteiger partial charge in [-0.2, -0.15) is 0 Å². The van der Waals surface area contributed by atoms with Crippen LogP contribution >= 0.6 is 0 Å². The summed E-state index contributed by atoms with van der Waals surface area (Å²) in [6.45, 7) is 5.18. The number of nitrogens with one attached hydrogen (secondary N) is 1. The Morgan fingerprint density at radius 2 is 1.96 bits per heavy atom. The molecule has 146 valence electrons. The molecule has 1 aliphatic heterocycles. The van der Waals surface area contributed by atoms with E-state index in [2.05, 4.69) is 24.9 Å². The quantitative estimate of drug-likeness (QED) is 0.743. The second-order valence-corrected chi connectivity index (χ2v) is 6.10. The highest BCUT2D eigenvalue weighted by atomic mass is 19.4. The number of morpholine rings is 1. The second kappa shape index (κ2) is 9.01. The summed E-state index contributed by atoms with van der Waals surface area (Å²) in [6, 6.07) is 7.43. The van der Waals surface area contributed by atoms with Crippen molar-refractivity contribution < 1.29 is 22.6 Å². The fourth-order valence-electron chi connectivity index (χ4n) is 2.81. The van der Waals surface area contributed by atoms with Gasteiger partial charge < -0.3 is 14.8 Å². The highest BCUT2D eigenvalue weighted by Gasteiger charge is 2.31. The van der Waals surface area contributed by atoms with Crippen molar-refractivity contribution in [1.29, 1.82) is 0 Å². The van der Waals surface area contributed by atoms with Gasteiger partial charge in [0.2, 0.25) is 0 Å². The zero-order chi connectivity index (χ0) is 19.1. The van der Waals surface area contributed by atoms with E-state index in [-0.39, 0.29) is 5.75 Å². The summed E-state index contributed by atoms with van der Waals surface area (Å²) >= 11 is 0. The number of anilines is 1. The number of alkyl halides is 3. The van der Waals surface area contributed by atoms with Gasteiger partial charge in [0.05, 0.1) is 18.9 Å². The van der Waals surface area contributed by atoms with Gasteiger partial charge in [-0.05, 0) is 25.1 Å². The summed E-state index contributed by atoms with van der Waals surface area (Å²) in [6.07, 6.45) is -2.39. The third-order valence-corrected chi connectivity index (χ3v) is 4.09. The average Bonchev–Trinajstić information content (AvgIpc) is 2.65. The highest BCUT2D eigenvalue weighted by Crippen LogP contribution is 2.27. The van der Waals surface area contributed by atoms with Crippen molar-refractivity contribution in [3.05, 3.63) is 36.7 Å². The summed E-state index contributed by atoms with van der Waals surface area (Å²) in [5, 5.41) is 3.23. The first-order chi connectivity index (χ1) is 13.0. The van der Waals surface area contributed by atoms with E-state index in [4.69, 9.17) is 4.74 Å². The monoisotopic (exact) mass is 382 g/mol. The number of halogens is 3. The lowest BCUT2D eigenvalue weighted by Gasteiger charge is -2.26. The molecule has 0 aliphatic carbocycles. The molecule has 0 saturated carbocycles. The molecule has 0 spiro atoms. The molecule has 0 bridgehead atoms. The molecule has 1 fully saturated rings. The minimum atomic E-state index is -4.72. The van der Waals surface area contributed by atoms with E-state index in [1.54, 1.807) is 12.1 Å². The Labute approximate surface area is 155 Å². The Kier molecular flexibility index (Phi) is 6.46. The first kappa shape index (κ1) is 19.4. The molecule has 0 unspecified atom stereocenters. The molecule has 27 heavy (non-hydrogen) atoms. The van der Waals surface area contributed by atoms with Crippen LogP contribution in [0.4, 0.5) is 19.0 Å². The maximum Gasteiger partial charge on any atom is 0.573 e. The van der Waals surface area contributed by atoms with E-state index in [1.807, 2.05) is 0 Å². The van der Waals surface area contributed by atoms with Crippen LogP contribution < -0.4 is 10.1 Å². The number of hydrogen-bond acceptors (Lipinski definition) is 6. The molecule has 0 atom stereocenters. The van der Waals surface area contributed by atoms with Gasteiger partial charge in [-0.3, -0.25) is 4.90 Å². The first-order valence-electron chi connectivity index (χ1n) is 8.72. The van der Waals surface area contributed by atoms with Crippen molar-refractivity contribution in [3.63, 3.8) is 0 Å². The standard InChI is InChI=1S/C18H21F3N4O2/c19-18(20,21)27-15-4-1-3-14(11-15)16-12-17(24-13-23-16)22-5-2-6-25-7-9-26-10-8-25/h1,3-4,11-13H,2,5-10H2,(H,22,23,24). The van der Waals surface area contributed by atoms with Crippen LogP contribution in [0.1, 0.15) is 6.42 Å². The number of ether oxygens (including phenoxy) is 2. The first-order valence-corrected chi connectivity index (χ1v) is 8.72. The minimum absolute atomic E-state index is 0.279. The van der Waals surface area contributed by atoms with Crippen molar-refractivity contribution in [2.24, 2.45) is 0 Å². The van der Waals surface area contributed by atoms with E-state index in [0.29, 0.717) is 17.1 Å². The summed E-state index contributed by atoms with van der Waals surface area (Å²) in [4.78, 5) is 10.7. The average molecular weight is 382 g/mol. The zero-order valence-electron chi connectivity index (χ0n) is 14.7. The molecule has 0 amide bonds. The Morgan fingerprint density at radius 3 is 2.74 bits per heavy atom. The van der Waals surface area contributed by atoms with Gasteiger partial charge in [0, 0.05) is 31.3 Å². The molecule has 1 N–H and O–H groups in total. The van der Waals surface area contributed by atoms with Crippen molar-refractivity contribution >= 4 is 5.82 Å². The SMILES string of the molecule is FC(F)(F)Oc1cccc(-c2cc(NCCCN3CCOCC3)ncn2)c1. The van der Waals surface area contributed by atoms with Gasteiger partial charge in [-0.1, -0.05) is 12.1 Å². The third kappa shape index (κ3) is 6.37. The predicted molar refractivity (Wildman–Crippen MR) is 94.5 cm³/mol. The molecule has 6 nitrogen and oxygen atoms in total. The van der Waals surface area contributed by atoms with E-state index in [0.717, 1.165) is 45.8 Å². The van der Waals surface area contributed by atoms with Crippen molar-refractivity contribution in [1.82, 2.24) is 14.9 Å². The predicted octanol–water partition coefficient (Wildman–Crippen LogP) is 3.18. The van der Waals surface area contributed by atoms with Crippen molar-refractivity contribution in [2.75, 3.05) is 44.7 Å². The normalized spacial score (nSPS) is 15.5. The second-order valence-electron chi connectivity index (χ2n) is 6.10. The maximum atomic E-state index is 12.4. The molecule has 2 heterocycles. The largest absolute Gasteiger partial charge is 0.573 e. The summed E-state index contributed by atoms with van der Waals surface area (Å²) in [5.74, 6) is 0.350. The summed E-state index contributed by atoms with van der Waals surface area (Å²) < 4.78 is 46.4. The van der Waals surface area contributed by atoms with Crippen LogP contribution in [0.15, 0.2) is 36.7 Å². The topological polar surface area (TPSA) is 59.5 Å². The Hall–Kier alpha value is -2.39. The van der Waals surface area contributed by atoms with Gasteiger partial charge in [0.15, 0.2) is 0 Å². The van der Waals surface area contributed by atoms with Gasteiger partial charge in [0.1, 0.15) is 17.9 Å². The van der Waals surface area contributed by atoms with Crippen LogP contribution in [0.5, 0.6) is 5.75 Å². The Morgan fingerprint density at radius 1 is 1.15 bits per heavy atom. The van der Waals surface area contributed by atoms with Gasteiger partial charge in [-0.15, -0.1) is 13.2 Å². The van der Waals surface area contributed by atoms with Gasteiger partial charge in [-0.25, -0.2) is 9.97 Å². The molecule has 1 aromatic carbocycles. The van der Waals surface area contributed by atoms with Crippen LogP contribution in [0, 0.1) is 0 Å². The lowest BCUT2D eigenvalue weighted by Crippen LogP contribution is -2.37. The molecular weight excluding hydrogens is 361 g/mol. The lowest BCUT2D eigenvalue weighted by molar-refractivity contribution is -0.274. The molecule has 2 aromatic rings. The number of hydrogen-bond donors (Lipinski definition) is 1. The molecule has 9 heteroatoms. The van der Waals surface area contributed by atoms with Gasteiger partial charge in [0.25, 0.3) is 0 Å². The van der Waals surface area contributed by atoms with E-state index in [1.165, 1.54) is 24.5 Å². The zero-order valence-corrected chi connectivity index (χ0v) is 14.7. The van der Waals surface area contributed by atoms with Crippen LogP contribution in [-0.4, -0.2) is 60.6 Å². The van der Waals surface area contributed by atoms with Crippen LogP contribution in [0.2, 0.25) is 0 Å². The number of aromatic nitrogens is 2.